The highest BCUT2D eigenvalue weighted by molar-refractivity contribution is 8.47. The molecule has 0 unspecified atom stereocenters. The van der Waals surface area contributed by atoms with E-state index >= 15 is 0 Å². The molecule has 458 valence electrons. The van der Waals surface area contributed by atoms with Crippen LogP contribution in [-0.2, 0) is 52.9 Å². The molecule has 0 aliphatic rings. The molecule has 0 fully saturated rings. The highest BCUT2D eigenvalue weighted by Crippen LogP contribution is 3.06. The van der Waals surface area contributed by atoms with Crippen molar-refractivity contribution in [2.45, 2.75) is 76.8 Å². The van der Waals surface area contributed by atoms with Crippen LogP contribution >= 0.6 is 62.7 Å². The van der Waals surface area contributed by atoms with Gasteiger partial charge in [-0.15, -0.1) is 0 Å². The van der Waals surface area contributed by atoms with Gasteiger partial charge in [0, 0.05) is 43.5 Å². The molecule has 0 aliphatic carbocycles. The summed E-state index contributed by atoms with van der Waals surface area (Å²) in [6.07, 6.45) is -3.27. The molecule has 0 bridgehead atoms. The summed E-state index contributed by atoms with van der Waals surface area (Å²) in [6.45, 7) is 2.81. The minimum absolute atomic E-state index is 0.0161. The van der Waals surface area contributed by atoms with E-state index < -0.39 is 129 Å². The Balaban J connectivity index is 0.000000271. The largest absolute Gasteiger partial charge is 0.310 e. The van der Waals surface area contributed by atoms with E-state index in [-0.39, 0.29) is 60.5 Å². The predicted molar refractivity (Wildman–Crippen MR) is 267 cm³/mol. The van der Waals surface area contributed by atoms with Crippen molar-refractivity contribution in [3.63, 3.8) is 0 Å². The lowest BCUT2D eigenvalue weighted by atomic mass is 10.0. The molecule has 6 aromatic carbocycles. The van der Waals surface area contributed by atoms with Crippen molar-refractivity contribution >= 4 is 80.1 Å². The zero-order chi connectivity index (χ0) is 62.7. The second-order valence-electron chi connectivity index (χ2n) is 18.4. The van der Waals surface area contributed by atoms with Crippen LogP contribution in [0.3, 0.4) is 0 Å². The number of hydrogen-bond donors (Lipinski definition) is 0. The third-order valence-corrected chi connectivity index (χ3v) is 16.5. The van der Waals surface area contributed by atoms with E-state index in [0.717, 1.165) is 42.3 Å². The lowest BCUT2D eigenvalue weighted by Gasteiger charge is -2.44. The van der Waals surface area contributed by atoms with E-state index in [0.29, 0.717) is 34.9 Å². The minimum Gasteiger partial charge on any atom is -0.299 e. The SMILES string of the molecule is Cc1cc(CC(=O)Cc2cc(S(F)(F)(F)(F)F)cc(S(F)(F)(F)(F)F)c2)cc(S(F)(F)(F)(F)F)c1.Cc1ccc(CC(=O)Cc2ccc(S(F)(F)(F)(F)F)cc2)cc1.O=C(Cc1ccc(Cl)cc1)Cc1cccc(S(F)(F)(F)(F)F)c1. The number of carbonyl (C=O) groups excluding carboxylic acids is 3. The highest BCUT2D eigenvalue weighted by atomic mass is 35.5. The Hall–Kier alpha value is -5.38. The lowest BCUT2D eigenvalue weighted by Crippen LogP contribution is -2.14. The number of rotatable bonds is 17. The molecule has 0 amide bonds. The van der Waals surface area contributed by atoms with Crippen molar-refractivity contribution < 1.29 is 112 Å². The third-order valence-electron chi connectivity index (χ3n) is 10.5. The first-order valence-electron chi connectivity index (χ1n) is 21.7. The quantitative estimate of drug-likeness (QED) is 0.0855. The van der Waals surface area contributed by atoms with Gasteiger partial charge in [-0.25, -0.2) is 0 Å². The molecule has 34 heteroatoms. The predicted octanol–water partition coefficient (Wildman–Crippen LogP) is 23.7. The van der Waals surface area contributed by atoms with Gasteiger partial charge in [0.05, 0.1) is 0 Å². The average Bonchev–Trinajstić information content (AvgIpc) is 3.22. The fraction of sp³-hybridized carbons (Fsp3) is 0.170. The van der Waals surface area contributed by atoms with Gasteiger partial charge in [-0.1, -0.05) is 181 Å². The van der Waals surface area contributed by atoms with Crippen LogP contribution in [0.4, 0.5) is 97.1 Å². The summed E-state index contributed by atoms with van der Waals surface area (Å²) in [5.41, 5.74) is -0.202. The van der Waals surface area contributed by atoms with Gasteiger partial charge in [-0.05, 0) is 120 Å². The van der Waals surface area contributed by atoms with Gasteiger partial charge in [0.25, 0.3) is 0 Å². The maximum absolute atomic E-state index is 13.0. The lowest BCUT2D eigenvalue weighted by molar-refractivity contribution is -0.118. The van der Waals surface area contributed by atoms with E-state index in [1.165, 1.54) is 6.07 Å². The molecule has 0 atom stereocenters. The number of hydrogen-bond acceptors (Lipinski definition) is 3. The fourth-order valence-electron chi connectivity index (χ4n) is 6.95. The monoisotopic (exact) mass is 1320 g/mol. The number of aryl methyl sites for hydroxylation is 2. The van der Waals surface area contributed by atoms with Crippen LogP contribution in [-0.4, -0.2) is 17.3 Å². The summed E-state index contributed by atoms with van der Waals surface area (Å²) >= 11 is 5.71. The number of Topliss-reactive ketones (excluding diaryl/α,β-unsaturated/α-hetero) is 3. The highest BCUT2D eigenvalue weighted by Gasteiger charge is 2.70. The first-order chi connectivity index (χ1) is 35.2. The molecule has 6 rings (SSSR count). The molecule has 3 nitrogen and oxygen atoms in total. The third kappa shape index (κ3) is 22.4. The Bertz CT molecular complexity index is 3390. The van der Waals surface area contributed by atoms with Gasteiger partial charge in [0.1, 0.15) is 41.8 Å². The first-order valence-corrected chi connectivity index (χ1v) is 31.8. The Labute approximate surface area is 449 Å². The topological polar surface area (TPSA) is 51.2 Å². The fourth-order valence-corrected chi connectivity index (χ4v) is 10.7. The molecule has 0 radical (unpaired) electrons. The van der Waals surface area contributed by atoms with Crippen LogP contribution in [0.1, 0.15) is 44.5 Å². The normalized spacial score (nSPS) is 16.8. The molecule has 0 saturated heterocycles. The van der Waals surface area contributed by atoms with Gasteiger partial charge in [0.15, 0.2) is 0 Å². The zero-order valence-electron chi connectivity index (χ0n) is 40.5. The Kier molecular flexibility index (Phi) is 15.4. The minimum atomic E-state index is -11.0. The van der Waals surface area contributed by atoms with Crippen LogP contribution in [0.2, 0.25) is 5.02 Å². The molecule has 0 saturated carbocycles. The first kappa shape index (κ1) is 68.1. The molecule has 0 aromatic heterocycles. The summed E-state index contributed by atoms with van der Waals surface area (Å²) in [4.78, 5) is 22.8. The Morgan fingerprint density at radius 2 is 0.568 bits per heavy atom. The van der Waals surface area contributed by atoms with Gasteiger partial charge in [-0.2, -0.15) is 0 Å². The van der Waals surface area contributed by atoms with Crippen molar-refractivity contribution in [1.82, 2.24) is 0 Å². The number of ketones is 3. The van der Waals surface area contributed by atoms with Gasteiger partial charge in [-0.3, -0.25) is 14.4 Å². The van der Waals surface area contributed by atoms with Crippen LogP contribution in [0.15, 0.2) is 158 Å². The summed E-state index contributed by atoms with van der Waals surface area (Å²) in [7, 11) is -51.6. The van der Waals surface area contributed by atoms with Gasteiger partial charge in [0.2, 0.25) is 0 Å². The maximum Gasteiger partial charge on any atom is 0.310 e. The van der Waals surface area contributed by atoms with E-state index in [2.05, 4.69) is 0 Å². The van der Waals surface area contributed by atoms with E-state index in [1.54, 1.807) is 36.4 Å². The van der Waals surface area contributed by atoms with Crippen molar-refractivity contribution in [1.29, 1.82) is 0 Å². The number of benzene rings is 6. The molecule has 0 spiro atoms. The summed E-state index contributed by atoms with van der Waals surface area (Å²) in [5.74, 6) is -2.13. The van der Waals surface area contributed by atoms with E-state index in [4.69, 9.17) is 11.6 Å². The van der Waals surface area contributed by atoms with Crippen LogP contribution < -0.4 is 0 Å². The zero-order valence-corrected chi connectivity index (χ0v) is 45.4. The van der Waals surface area contributed by atoms with Gasteiger partial charge < -0.3 is 0 Å². The van der Waals surface area contributed by atoms with Gasteiger partial charge >= 0.3 is 51.1 Å². The van der Waals surface area contributed by atoms with E-state index in [9.17, 15) is 112 Å². The van der Waals surface area contributed by atoms with Crippen molar-refractivity contribution in [3.8, 4) is 0 Å². The van der Waals surface area contributed by atoms with Crippen LogP contribution in [0.25, 0.3) is 0 Å². The smallest absolute Gasteiger partial charge is 0.299 e. The van der Waals surface area contributed by atoms with Crippen molar-refractivity contribution in [3.05, 3.63) is 183 Å². The average molecular weight is 1320 g/mol. The van der Waals surface area contributed by atoms with E-state index in [1.807, 2.05) is 19.1 Å². The molecule has 0 N–H and O–H groups in total. The summed E-state index contributed by atoms with van der Waals surface area (Å²) < 4.78 is 322. The Morgan fingerprint density at radius 1 is 0.284 bits per heavy atom. The standard InChI is InChI=1S/C16H13F15OS3.C16H15F5OS.C15H12ClF5OS/c1-10-2-11(6-14(3-10)33(17,18,19,20)21)4-13(32)5-12-7-15(34(22,23,24,25)26)9-16(8-12)35(27,28,29,30)31;1-12-2-4-13(5-3-12)10-15(22)11-14-6-8-16(9-7-14)23(17,18,19,20)21;16-13-6-4-11(5-7-13)8-14(22)9-12-2-1-3-15(10-12)23(17,18,19,20)21/h2-3,6-9H,4-5H2,1H3;2-9H,10-11H2,1H3;1-7,10H,8-9H2. The molecule has 81 heavy (non-hydrogen) atoms. The second-order valence-corrected chi connectivity index (χ2v) is 30.9. The Morgan fingerprint density at radius 3 is 0.926 bits per heavy atom. The van der Waals surface area contributed by atoms with Crippen molar-refractivity contribution in [2.24, 2.45) is 0 Å². The molecule has 0 aliphatic heterocycles. The second kappa shape index (κ2) is 18.3. The molecular weight excluding hydrogens is 1280 g/mol. The summed E-state index contributed by atoms with van der Waals surface area (Å²) in [5, 5.41) is 0.491. The maximum atomic E-state index is 13.0. The molecule has 0 heterocycles. The van der Waals surface area contributed by atoms with Crippen LogP contribution in [0, 0.1) is 13.8 Å². The number of carbonyl (C=O) groups is 3. The van der Waals surface area contributed by atoms with Crippen LogP contribution in [0.5, 0.6) is 0 Å². The molecule has 6 aromatic rings. The number of halogens is 26. The van der Waals surface area contributed by atoms with Crippen molar-refractivity contribution in [2.75, 3.05) is 0 Å². The summed E-state index contributed by atoms with van der Waals surface area (Å²) in [6, 6.07) is 16.7. The molecular formula is C47H40ClF25O3S5.